The molecule has 0 aliphatic heterocycles. The highest BCUT2D eigenvalue weighted by molar-refractivity contribution is 8.07. The summed E-state index contributed by atoms with van der Waals surface area (Å²) in [6.45, 7) is 0. The Labute approximate surface area is 218 Å². The molecule has 6 rings (SSSR count). The van der Waals surface area contributed by atoms with Crippen LogP contribution in [0.5, 0.6) is 0 Å². The summed E-state index contributed by atoms with van der Waals surface area (Å²) in [6, 6.07) is 26.3. The minimum absolute atomic E-state index is 0.549. The number of halogens is 2. The number of oxazole rings is 2. The predicted molar refractivity (Wildman–Crippen MR) is 142 cm³/mol. The topological polar surface area (TPSA) is 61.3 Å². The first kappa shape index (κ1) is 22.5. The molecule has 0 aliphatic carbocycles. The maximum Gasteiger partial charge on any atom is 0.227 e. The SMILES string of the molecule is Clc1ccc(-c2nc3ccc(SOSc4ccc5nc(-c6ccc(Cl)cc6)oc5c4)cc3o2)cc1. The first-order chi connectivity index (χ1) is 17.1. The third-order valence-electron chi connectivity index (χ3n) is 5.16. The van der Waals surface area contributed by atoms with Gasteiger partial charge >= 0.3 is 0 Å². The lowest BCUT2D eigenvalue weighted by atomic mass is 10.2. The van der Waals surface area contributed by atoms with Crippen LogP contribution in [-0.4, -0.2) is 9.97 Å². The van der Waals surface area contributed by atoms with E-state index in [1.54, 1.807) is 0 Å². The molecule has 2 aromatic heterocycles. The molecule has 0 atom stereocenters. The van der Waals surface area contributed by atoms with Crippen LogP contribution in [0.4, 0.5) is 0 Å². The van der Waals surface area contributed by atoms with Crippen LogP contribution in [0.15, 0.2) is 104 Å². The Morgan fingerprint density at radius 2 is 1.00 bits per heavy atom. The standard InChI is InChI=1S/C26H14Cl2N2O3S2/c27-17-5-1-15(2-6-17)25-29-21-11-9-19(13-23(21)31-25)34-33-35-20-10-12-22-24(14-20)32-26(30-22)16-3-7-18(28)8-4-16/h1-14H. The van der Waals surface area contributed by atoms with Gasteiger partial charge in [-0.3, -0.25) is 0 Å². The van der Waals surface area contributed by atoms with Gasteiger partial charge in [-0.05, 0) is 84.9 Å². The second kappa shape index (κ2) is 9.60. The molecular formula is C26H14Cl2N2O3S2. The van der Waals surface area contributed by atoms with Gasteiger partial charge in [0.25, 0.3) is 0 Å². The minimum Gasteiger partial charge on any atom is -0.436 e. The van der Waals surface area contributed by atoms with Crippen LogP contribution in [0.25, 0.3) is 45.1 Å². The van der Waals surface area contributed by atoms with Crippen LogP contribution >= 0.6 is 47.3 Å². The summed E-state index contributed by atoms with van der Waals surface area (Å²) in [6.07, 6.45) is 0. The van der Waals surface area contributed by atoms with E-state index < -0.39 is 0 Å². The highest BCUT2D eigenvalue weighted by atomic mass is 35.5. The van der Waals surface area contributed by atoms with Gasteiger partial charge < -0.3 is 8.83 Å². The number of nitrogens with zero attached hydrogens (tertiary/aromatic N) is 2. The maximum absolute atomic E-state index is 5.97. The van der Waals surface area contributed by atoms with E-state index in [9.17, 15) is 0 Å². The van der Waals surface area contributed by atoms with Crippen LogP contribution in [0.3, 0.4) is 0 Å². The van der Waals surface area contributed by atoms with Crippen molar-refractivity contribution in [3.05, 3.63) is 95.0 Å². The Morgan fingerprint density at radius 3 is 1.43 bits per heavy atom. The Kier molecular flexibility index (Phi) is 6.18. The van der Waals surface area contributed by atoms with E-state index in [0.29, 0.717) is 33.0 Å². The highest BCUT2D eigenvalue weighted by Crippen LogP contribution is 2.35. The smallest absolute Gasteiger partial charge is 0.227 e. The molecule has 0 amide bonds. The number of hydrogen-bond acceptors (Lipinski definition) is 7. The van der Waals surface area contributed by atoms with Crippen molar-refractivity contribution < 1.29 is 12.5 Å². The van der Waals surface area contributed by atoms with Crippen molar-refractivity contribution in [2.75, 3.05) is 0 Å². The first-order valence-corrected chi connectivity index (χ1v) is 12.7. The zero-order valence-corrected chi connectivity index (χ0v) is 20.9. The van der Waals surface area contributed by atoms with E-state index in [-0.39, 0.29) is 0 Å². The second-order valence-electron chi connectivity index (χ2n) is 7.55. The van der Waals surface area contributed by atoms with E-state index in [2.05, 4.69) is 9.97 Å². The van der Waals surface area contributed by atoms with Crippen molar-refractivity contribution in [2.45, 2.75) is 9.79 Å². The molecule has 0 bridgehead atoms. The molecule has 0 spiro atoms. The maximum atomic E-state index is 5.97. The fourth-order valence-corrected chi connectivity index (χ4v) is 5.02. The fourth-order valence-electron chi connectivity index (χ4n) is 3.44. The van der Waals surface area contributed by atoms with Crippen molar-refractivity contribution in [1.29, 1.82) is 0 Å². The number of benzene rings is 4. The molecule has 0 radical (unpaired) electrons. The van der Waals surface area contributed by atoms with Gasteiger partial charge in [-0.2, -0.15) is 0 Å². The quantitative estimate of drug-likeness (QED) is 0.196. The van der Waals surface area contributed by atoms with Crippen molar-refractivity contribution in [3.8, 4) is 22.9 Å². The van der Waals surface area contributed by atoms with Crippen LogP contribution < -0.4 is 0 Å². The summed E-state index contributed by atoms with van der Waals surface area (Å²) in [7, 11) is 0. The van der Waals surface area contributed by atoms with Crippen LogP contribution in [0.2, 0.25) is 10.0 Å². The Hall–Kier alpha value is -2.94. The van der Waals surface area contributed by atoms with E-state index >= 15 is 0 Å². The van der Waals surface area contributed by atoms with Gasteiger partial charge in [0.1, 0.15) is 11.0 Å². The molecule has 0 aliphatic rings. The van der Waals surface area contributed by atoms with E-state index in [4.69, 9.17) is 35.7 Å². The van der Waals surface area contributed by atoms with Crippen LogP contribution in [0, 0.1) is 0 Å². The van der Waals surface area contributed by atoms with Crippen molar-refractivity contribution in [1.82, 2.24) is 9.97 Å². The van der Waals surface area contributed by atoms with E-state index in [1.807, 2.05) is 84.9 Å². The van der Waals surface area contributed by atoms with Gasteiger partial charge in [0.15, 0.2) is 11.2 Å². The largest absolute Gasteiger partial charge is 0.436 e. The normalized spacial score (nSPS) is 11.5. The Morgan fingerprint density at radius 1 is 0.571 bits per heavy atom. The summed E-state index contributed by atoms with van der Waals surface area (Å²) < 4.78 is 17.7. The van der Waals surface area contributed by atoms with Gasteiger partial charge in [-0.25, -0.2) is 13.6 Å². The van der Waals surface area contributed by atoms with Gasteiger partial charge in [-0.15, -0.1) is 0 Å². The molecule has 0 N–H and O–H groups in total. The summed E-state index contributed by atoms with van der Waals surface area (Å²) in [4.78, 5) is 10.9. The molecule has 0 saturated carbocycles. The highest BCUT2D eigenvalue weighted by Gasteiger charge is 2.11. The summed E-state index contributed by atoms with van der Waals surface area (Å²) in [5, 5.41) is 1.34. The molecule has 0 fully saturated rings. The molecule has 2 heterocycles. The summed E-state index contributed by atoms with van der Waals surface area (Å²) in [5.74, 6) is 1.10. The minimum atomic E-state index is 0.549. The van der Waals surface area contributed by atoms with Gasteiger partial charge in [0.2, 0.25) is 11.8 Å². The molecular weight excluding hydrogens is 523 g/mol. The summed E-state index contributed by atoms with van der Waals surface area (Å²) in [5.41, 5.74) is 4.67. The van der Waals surface area contributed by atoms with Crippen molar-refractivity contribution >= 4 is 69.5 Å². The molecule has 9 heteroatoms. The lowest BCUT2D eigenvalue weighted by Gasteiger charge is -2.01. The molecule has 0 saturated heterocycles. The van der Waals surface area contributed by atoms with Gasteiger partial charge in [0, 0.05) is 55.0 Å². The first-order valence-electron chi connectivity index (χ1n) is 10.4. The monoisotopic (exact) mass is 536 g/mol. The van der Waals surface area contributed by atoms with Crippen molar-refractivity contribution in [2.24, 2.45) is 0 Å². The fraction of sp³-hybridized carbons (Fsp3) is 0. The number of hydrogen-bond donors (Lipinski definition) is 0. The number of fused-ring (bicyclic) bond motifs is 2. The molecule has 0 unspecified atom stereocenters. The average molecular weight is 537 g/mol. The zero-order chi connectivity index (χ0) is 23.8. The van der Waals surface area contributed by atoms with Gasteiger partial charge in [0.05, 0.1) is 0 Å². The van der Waals surface area contributed by atoms with Gasteiger partial charge in [-0.1, -0.05) is 23.2 Å². The third kappa shape index (κ3) is 4.91. The molecule has 5 nitrogen and oxygen atoms in total. The van der Waals surface area contributed by atoms with Crippen LogP contribution in [0.1, 0.15) is 0 Å². The predicted octanol–water partition coefficient (Wildman–Crippen LogP) is 9.34. The number of rotatable bonds is 6. The lowest BCUT2D eigenvalue weighted by molar-refractivity contribution is 0.618. The van der Waals surface area contributed by atoms with E-state index in [1.165, 1.54) is 24.1 Å². The summed E-state index contributed by atoms with van der Waals surface area (Å²) >= 11 is 14.4. The van der Waals surface area contributed by atoms with E-state index in [0.717, 1.165) is 32.0 Å². The lowest BCUT2D eigenvalue weighted by Crippen LogP contribution is -1.76. The molecule has 172 valence electrons. The third-order valence-corrected chi connectivity index (χ3v) is 7.10. The Bertz CT molecular complexity index is 1520. The van der Waals surface area contributed by atoms with Crippen LogP contribution in [-0.2, 0) is 3.63 Å². The molecule has 6 aromatic rings. The zero-order valence-electron chi connectivity index (χ0n) is 17.8. The Balaban J connectivity index is 1.14. The average Bonchev–Trinajstić information content (AvgIpc) is 3.48. The second-order valence-corrected chi connectivity index (χ2v) is 10.2. The number of aromatic nitrogens is 2. The van der Waals surface area contributed by atoms with Crippen molar-refractivity contribution in [3.63, 3.8) is 0 Å². The molecule has 35 heavy (non-hydrogen) atoms. The molecule has 4 aromatic carbocycles.